The summed E-state index contributed by atoms with van der Waals surface area (Å²) < 4.78 is 0. The number of amides is 2. The van der Waals surface area contributed by atoms with E-state index in [1.54, 1.807) is 0 Å². The van der Waals surface area contributed by atoms with E-state index in [9.17, 15) is 9.59 Å². The van der Waals surface area contributed by atoms with E-state index in [2.05, 4.69) is 33.7 Å². The number of nitrogens with zero attached hydrogens (tertiary/aromatic N) is 3. The first-order chi connectivity index (χ1) is 14.9. The number of aryl methyl sites for hydroxylation is 2. The second kappa shape index (κ2) is 9.28. The van der Waals surface area contributed by atoms with Gasteiger partial charge in [0.05, 0.1) is 11.7 Å². The number of nitrogens with one attached hydrogen (secondary N) is 2. The molecule has 0 aromatic heterocycles. The molecule has 0 bridgehead atoms. The molecule has 2 fully saturated rings. The van der Waals surface area contributed by atoms with Crippen LogP contribution in [0.15, 0.2) is 23.3 Å². The Balaban J connectivity index is 1.44. The van der Waals surface area contributed by atoms with Crippen LogP contribution in [0.2, 0.25) is 0 Å². The van der Waals surface area contributed by atoms with E-state index >= 15 is 0 Å². The van der Waals surface area contributed by atoms with Crippen LogP contribution in [0.5, 0.6) is 0 Å². The molecule has 4 atom stereocenters. The van der Waals surface area contributed by atoms with Crippen molar-refractivity contribution in [1.29, 1.82) is 0 Å². The molecule has 31 heavy (non-hydrogen) atoms. The summed E-state index contributed by atoms with van der Waals surface area (Å²) >= 11 is 7.83. The van der Waals surface area contributed by atoms with Gasteiger partial charge in [-0.3, -0.25) is 15.0 Å². The number of thioether (sulfide) groups is 1. The zero-order valence-corrected chi connectivity index (χ0v) is 19.8. The molecule has 3 aliphatic rings. The Morgan fingerprint density at radius 3 is 2.90 bits per heavy atom. The molecule has 2 amide bonds. The molecule has 1 aromatic carbocycles. The fraction of sp³-hybridized carbons (Fsp3) is 0.591. The number of alkyl halides is 1. The topological polar surface area (TPSA) is 77.0 Å². The lowest BCUT2D eigenvalue weighted by molar-refractivity contribution is -0.155. The number of benzene rings is 1. The number of carbonyl (C=O) groups is 2. The van der Waals surface area contributed by atoms with E-state index in [0.29, 0.717) is 13.0 Å². The van der Waals surface area contributed by atoms with Crippen LogP contribution in [0, 0.1) is 19.8 Å². The summed E-state index contributed by atoms with van der Waals surface area (Å²) in [6.45, 7) is 6.76. The minimum absolute atomic E-state index is 0.0392. The summed E-state index contributed by atoms with van der Waals surface area (Å²) in [5.74, 6) is 0.241. The van der Waals surface area contributed by atoms with Crippen molar-refractivity contribution < 1.29 is 9.59 Å². The van der Waals surface area contributed by atoms with Crippen molar-refractivity contribution in [3.05, 3.63) is 29.3 Å². The lowest BCUT2D eigenvalue weighted by atomic mass is 9.81. The molecule has 0 spiro atoms. The van der Waals surface area contributed by atoms with E-state index < -0.39 is 0 Å². The highest BCUT2D eigenvalue weighted by atomic mass is 35.5. The van der Waals surface area contributed by atoms with Crippen molar-refractivity contribution >= 4 is 46.0 Å². The molecule has 1 aromatic rings. The average Bonchev–Trinajstić information content (AvgIpc) is 3.15. The first-order valence-electron chi connectivity index (χ1n) is 10.9. The average molecular weight is 464 g/mol. The van der Waals surface area contributed by atoms with Crippen molar-refractivity contribution in [2.24, 2.45) is 11.0 Å². The zero-order chi connectivity index (χ0) is 22.1. The summed E-state index contributed by atoms with van der Waals surface area (Å²) in [7, 11) is 0. The standard InChI is InChI=1S/C22H30ClN5O2S/c1-4-9-27-20(30)16-11-15(23)6-8-18(16)28-21(27)25-26-22(28)31-12-19(29)24-17-7-5-13(2)10-14(17)3/h5,7,10,15-16,18,21,25H,4,6,8-9,11-12H2,1-3H3,(H,24,29). The van der Waals surface area contributed by atoms with Crippen molar-refractivity contribution in [2.75, 3.05) is 17.6 Å². The first kappa shape index (κ1) is 22.3. The van der Waals surface area contributed by atoms with E-state index in [1.807, 2.05) is 30.9 Å². The summed E-state index contributed by atoms with van der Waals surface area (Å²) in [6.07, 6.45) is 3.04. The lowest BCUT2D eigenvalue weighted by Crippen LogP contribution is -2.67. The largest absolute Gasteiger partial charge is 0.325 e. The molecule has 7 nitrogen and oxygen atoms in total. The molecule has 4 unspecified atom stereocenters. The highest BCUT2D eigenvalue weighted by molar-refractivity contribution is 8.14. The molecule has 4 rings (SSSR count). The Labute approximate surface area is 192 Å². The zero-order valence-electron chi connectivity index (χ0n) is 18.2. The predicted octanol–water partition coefficient (Wildman–Crippen LogP) is 3.46. The Hall–Kier alpha value is -1.93. The van der Waals surface area contributed by atoms with Gasteiger partial charge >= 0.3 is 0 Å². The number of hydrogen-bond acceptors (Lipinski definition) is 6. The van der Waals surface area contributed by atoms with Crippen molar-refractivity contribution in [2.45, 2.75) is 64.2 Å². The Bertz CT molecular complexity index is 895. The van der Waals surface area contributed by atoms with Crippen molar-refractivity contribution in [3.63, 3.8) is 0 Å². The molecule has 9 heteroatoms. The number of hydrogen-bond donors (Lipinski definition) is 2. The van der Waals surface area contributed by atoms with E-state index in [-0.39, 0.29) is 41.2 Å². The lowest BCUT2D eigenvalue weighted by Gasteiger charge is -2.51. The molecule has 2 heterocycles. The summed E-state index contributed by atoms with van der Waals surface area (Å²) in [5.41, 5.74) is 6.18. The van der Waals surface area contributed by atoms with Crippen LogP contribution in [0.1, 0.15) is 43.7 Å². The van der Waals surface area contributed by atoms with E-state index in [4.69, 9.17) is 11.6 Å². The maximum atomic E-state index is 13.1. The summed E-state index contributed by atoms with van der Waals surface area (Å²) in [4.78, 5) is 29.8. The minimum Gasteiger partial charge on any atom is -0.325 e. The molecule has 1 aliphatic carbocycles. The highest BCUT2D eigenvalue weighted by Crippen LogP contribution is 2.40. The Morgan fingerprint density at radius 2 is 2.16 bits per heavy atom. The molecule has 1 saturated heterocycles. The highest BCUT2D eigenvalue weighted by Gasteiger charge is 2.51. The molecule has 2 N–H and O–H groups in total. The third-order valence-corrected chi connectivity index (χ3v) is 7.58. The Morgan fingerprint density at radius 1 is 1.35 bits per heavy atom. The first-order valence-corrected chi connectivity index (χ1v) is 12.4. The SMILES string of the molecule is CCCN1C(=O)C2CC(Cl)CCC2N2C(SCC(=O)Nc3ccc(C)cc3C)=NNC12. The number of anilines is 1. The maximum Gasteiger partial charge on any atom is 0.234 e. The smallest absolute Gasteiger partial charge is 0.234 e. The number of carbonyl (C=O) groups excluding carboxylic acids is 2. The van der Waals surface area contributed by atoms with Gasteiger partial charge in [0.1, 0.15) is 0 Å². The molecular formula is C22H30ClN5O2S. The summed E-state index contributed by atoms with van der Waals surface area (Å²) in [6, 6.07) is 6.06. The van der Waals surface area contributed by atoms with Gasteiger partial charge in [-0.05, 0) is 51.2 Å². The number of fused-ring (bicyclic) bond motifs is 3. The number of halogens is 1. The van der Waals surface area contributed by atoms with Crippen LogP contribution in [-0.2, 0) is 9.59 Å². The van der Waals surface area contributed by atoms with Gasteiger partial charge in [-0.1, -0.05) is 36.4 Å². The van der Waals surface area contributed by atoms with Crippen LogP contribution in [0.4, 0.5) is 5.69 Å². The van der Waals surface area contributed by atoms with Crippen LogP contribution in [-0.4, -0.2) is 56.8 Å². The minimum atomic E-state index is -0.273. The normalized spacial score (nSPS) is 27.4. The van der Waals surface area contributed by atoms with Gasteiger partial charge in [-0.15, -0.1) is 11.6 Å². The molecule has 168 valence electrons. The third-order valence-electron chi connectivity index (χ3n) is 6.22. The molecular weight excluding hydrogens is 434 g/mol. The van der Waals surface area contributed by atoms with Crippen LogP contribution >= 0.6 is 23.4 Å². The number of hydrazone groups is 1. The summed E-state index contributed by atoms with van der Waals surface area (Å²) in [5, 5.41) is 8.32. The number of amidine groups is 1. The van der Waals surface area contributed by atoms with Crippen molar-refractivity contribution in [3.8, 4) is 0 Å². The van der Waals surface area contributed by atoms with Crippen LogP contribution in [0.3, 0.4) is 0 Å². The fourth-order valence-electron chi connectivity index (χ4n) is 4.77. The predicted molar refractivity (Wildman–Crippen MR) is 126 cm³/mol. The van der Waals surface area contributed by atoms with Gasteiger partial charge in [0.2, 0.25) is 11.8 Å². The van der Waals surface area contributed by atoms with Gasteiger partial charge in [-0.2, -0.15) is 5.10 Å². The van der Waals surface area contributed by atoms with Gasteiger partial charge < -0.3 is 15.1 Å². The molecule has 2 aliphatic heterocycles. The third kappa shape index (κ3) is 4.51. The monoisotopic (exact) mass is 463 g/mol. The Kier molecular flexibility index (Phi) is 6.67. The second-order valence-electron chi connectivity index (χ2n) is 8.58. The number of rotatable bonds is 5. The fourth-order valence-corrected chi connectivity index (χ4v) is 5.92. The van der Waals surface area contributed by atoms with Crippen LogP contribution < -0.4 is 10.7 Å². The molecule has 1 saturated carbocycles. The van der Waals surface area contributed by atoms with E-state index in [0.717, 1.165) is 35.7 Å². The van der Waals surface area contributed by atoms with Gasteiger partial charge in [0, 0.05) is 23.7 Å². The quantitative estimate of drug-likeness (QED) is 0.654. The second-order valence-corrected chi connectivity index (χ2v) is 10.1. The molecule has 0 radical (unpaired) electrons. The van der Waals surface area contributed by atoms with Gasteiger partial charge in [0.15, 0.2) is 11.5 Å². The van der Waals surface area contributed by atoms with E-state index in [1.165, 1.54) is 17.3 Å². The van der Waals surface area contributed by atoms with Crippen LogP contribution in [0.25, 0.3) is 0 Å². The van der Waals surface area contributed by atoms with Crippen molar-refractivity contribution in [1.82, 2.24) is 15.2 Å². The maximum absolute atomic E-state index is 13.1. The van der Waals surface area contributed by atoms with Gasteiger partial charge in [0.25, 0.3) is 0 Å². The van der Waals surface area contributed by atoms with Gasteiger partial charge in [-0.25, -0.2) is 0 Å².